The Balaban J connectivity index is 1.91. The molecule has 0 amide bonds. The van der Waals surface area contributed by atoms with Gasteiger partial charge in [0.1, 0.15) is 11.6 Å². The number of halogens is 1. The lowest BCUT2D eigenvalue weighted by Crippen LogP contribution is -1.95. The lowest BCUT2D eigenvalue weighted by atomic mass is 10.2. The van der Waals surface area contributed by atoms with Crippen molar-refractivity contribution in [1.29, 1.82) is 0 Å². The number of hydrogen-bond donors (Lipinski definition) is 2. The molecular formula is C16H14BrN3O. The first-order valence-corrected chi connectivity index (χ1v) is 7.22. The molecule has 0 saturated carbocycles. The maximum absolute atomic E-state index is 5.77. The number of fused-ring (bicyclic) bond motifs is 1. The van der Waals surface area contributed by atoms with Crippen molar-refractivity contribution < 1.29 is 4.74 Å². The molecule has 0 aliphatic carbocycles. The highest BCUT2D eigenvalue weighted by atomic mass is 79.9. The number of benzene rings is 2. The van der Waals surface area contributed by atoms with Crippen LogP contribution < -0.4 is 15.8 Å². The number of anilines is 3. The Morgan fingerprint density at radius 1 is 1.10 bits per heavy atom. The van der Waals surface area contributed by atoms with Gasteiger partial charge in [-0.05, 0) is 64.5 Å². The van der Waals surface area contributed by atoms with E-state index in [1.165, 1.54) is 0 Å². The van der Waals surface area contributed by atoms with E-state index in [2.05, 4.69) is 26.2 Å². The normalized spacial score (nSPS) is 10.6. The smallest absolute Gasteiger partial charge is 0.133 e. The van der Waals surface area contributed by atoms with Crippen LogP contribution >= 0.6 is 15.9 Å². The van der Waals surface area contributed by atoms with Crippen LogP contribution in [0, 0.1) is 0 Å². The van der Waals surface area contributed by atoms with Crippen molar-refractivity contribution in [2.75, 3.05) is 18.2 Å². The van der Waals surface area contributed by atoms with Gasteiger partial charge in [-0.2, -0.15) is 0 Å². The molecule has 3 rings (SSSR count). The number of nitrogen functional groups attached to an aromatic ring is 1. The molecule has 3 N–H and O–H groups in total. The molecule has 2 aromatic carbocycles. The molecule has 0 radical (unpaired) electrons. The van der Waals surface area contributed by atoms with E-state index in [9.17, 15) is 0 Å². The summed E-state index contributed by atoms with van der Waals surface area (Å²) < 4.78 is 6.11. The molecule has 0 bridgehead atoms. The van der Waals surface area contributed by atoms with Gasteiger partial charge in [-0.25, -0.2) is 4.98 Å². The molecule has 0 atom stereocenters. The van der Waals surface area contributed by atoms with Crippen molar-refractivity contribution >= 4 is 44.0 Å². The van der Waals surface area contributed by atoms with E-state index in [4.69, 9.17) is 10.5 Å². The minimum Gasteiger partial charge on any atom is -0.496 e. The number of nitrogens with zero attached hydrogens (tertiary/aromatic N) is 1. The molecule has 106 valence electrons. The van der Waals surface area contributed by atoms with Crippen LogP contribution in [-0.4, -0.2) is 12.1 Å². The average Bonchev–Trinajstić information content (AvgIpc) is 2.48. The van der Waals surface area contributed by atoms with Gasteiger partial charge in [0, 0.05) is 16.8 Å². The largest absolute Gasteiger partial charge is 0.496 e. The second kappa shape index (κ2) is 5.61. The third kappa shape index (κ3) is 2.92. The van der Waals surface area contributed by atoms with Gasteiger partial charge in [0.15, 0.2) is 0 Å². The third-order valence-corrected chi connectivity index (χ3v) is 3.76. The predicted molar refractivity (Wildman–Crippen MR) is 90.1 cm³/mol. The van der Waals surface area contributed by atoms with Gasteiger partial charge in [-0.1, -0.05) is 0 Å². The van der Waals surface area contributed by atoms with E-state index in [-0.39, 0.29) is 0 Å². The summed E-state index contributed by atoms with van der Waals surface area (Å²) in [5.41, 5.74) is 8.35. The van der Waals surface area contributed by atoms with Gasteiger partial charge in [-0.3, -0.25) is 0 Å². The van der Waals surface area contributed by atoms with Crippen LogP contribution in [0.15, 0.2) is 53.0 Å². The average molecular weight is 344 g/mol. The van der Waals surface area contributed by atoms with Gasteiger partial charge < -0.3 is 15.8 Å². The fourth-order valence-corrected chi connectivity index (χ4v) is 2.65. The number of ether oxygens (including phenoxy) is 1. The van der Waals surface area contributed by atoms with Crippen molar-refractivity contribution in [2.24, 2.45) is 0 Å². The van der Waals surface area contributed by atoms with Crippen LogP contribution in [0.5, 0.6) is 5.75 Å². The number of pyridine rings is 1. The third-order valence-electron chi connectivity index (χ3n) is 3.14. The van der Waals surface area contributed by atoms with Gasteiger partial charge in [-0.15, -0.1) is 0 Å². The lowest BCUT2D eigenvalue weighted by Gasteiger charge is -2.09. The standard InChI is InChI=1S/C16H14BrN3O/c1-21-15-6-4-12(9-13(15)17)19-16-7-2-10-8-11(18)3-5-14(10)20-16/h2-9H,18H2,1H3,(H,19,20). The molecule has 21 heavy (non-hydrogen) atoms. The first kappa shape index (κ1) is 13.7. The minimum atomic E-state index is 0.740. The van der Waals surface area contributed by atoms with E-state index in [1.807, 2.05) is 48.5 Å². The van der Waals surface area contributed by atoms with Crippen LogP contribution in [0.3, 0.4) is 0 Å². The summed E-state index contributed by atoms with van der Waals surface area (Å²) in [6.45, 7) is 0. The molecule has 1 aromatic heterocycles. The van der Waals surface area contributed by atoms with Crippen molar-refractivity contribution in [1.82, 2.24) is 4.98 Å². The molecule has 0 fully saturated rings. The monoisotopic (exact) mass is 343 g/mol. The fourth-order valence-electron chi connectivity index (χ4n) is 2.11. The molecule has 0 aliphatic rings. The van der Waals surface area contributed by atoms with Crippen LogP contribution in [0.4, 0.5) is 17.2 Å². The first-order valence-electron chi connectivity index (χ1n) is 6.42. The molecule has 3 aromatic rings. The molecule has 1 heterocycles. The molecule has 0 spiro atoms. The quantitative estimate of drug-likeness (QED) is 0.694. The summed E-state index contributed by atoms with van der Waals surface area (Å²) in [5, 5.41) is 4.30. The zero-order valence-electron chi connectivity index (χ0n) is 11.4. The summed E-state index contributed by atoms with van der Waals surface area (Å²) in [4.78, 5) is 4.57. The summed E-state index contributed by atoms with van der Waals surface area (Å²) in [6, 6.07) is 15.4. The van der Waals surface area contributed by atoms with Crippen LogP contribution in [0.2, 0.25) is 0 Å². The molecule has 0 saturated heterocycles. The van der Waals surface area contributed by atoms with Crippen LogP contribution in [0.25, 0.3) is 10.9 Å². The molecular weight excluding hydrogens is 330 g/mol. The van der Waals surface area contributed by atoms with E-state index in [0.717, 1.165) is 38.3 Å². The topological polar surface area (TPSA) is 60.2 Å². The predicted octanol–water partition coefficient (Wildman–Crippen LogP) is 4.33. The summed E-state index contributed by atoms with van der Waals surface area (Å²) >= 11 is 3.47. The van der Waals surface area contributed by atoms with Crippen molar-refractivity contribution in [3.63, 3.8) is 0 Å². The number of hydrogen-bond acceptors (Lipinski definition) is 4. The molecule has 0 unspecified atom stereocenters. The Hall–Kier alpha value is -2.27. The van der Waals surface area contributed by atoms with Crippen molar-refractivity contribution in [3.8, 4) is 5.75 Å². The Labute approximate surface area is 131 Å². The Bertz CT molecular complexity index is 805. The van der Waals surface area contributed by atoms with Gasteiger partial charge >= 0.3 is 0 Å². The van der Waals surface area contributed by atoms with Gasteiger partial charge in [0.2, 0.25) is 0 Å². The summed E-state index contributed by atoms with van der Waals surface area (Å²) in [6.07, 6.45) is 0. The van der Waals surface area contributed by atoms with Crippen LogP contribution in [-0.2, 0) is 0 Å². The maximum atomic E-state index is 5.77. The maximum Gasteiger partial charge on any atom is 0.133 e. The molecule has 4 nitrogen and oxygen atoms in total. The zero-order valence-corrected chi connectivity index (χ0v) is 13.0. The van der Waals surface area contributed by atoms with E-state index < -0.39 is 0 Å². The SMILES string of the molecule is COc1ccc(Nc2ccc3cc(N)ccc3n2)cc1Br. The van der Waals surface area contributed by atoms with Crippen molar-refractivity contribution in [2.45, 2.75) is 0 Å². The number of methoxy groups -OCH3 is 1. The zero-order chi connectivity index (χ0) is 14.8. The second-order valence-electron chi connectivity index (χ2n) is 4.62. The van der Waals surface area contributed by atoms with E-state index >= 15 is 0 Å². The minimum absolute atomic E-state index is 0.740. The number of nitrogens with two attached hydrogens (primary N) is 1. The summed E-state index contributed by atoms with van der Waals surface area (Å²) in [7, 11) is 1.64. The highest BCUT2D eigenvalue weighted by molar-refractivity contribution is 9.10. The van der Waals surface area contributed by atoms with Crippen molar-refractivity contribution in [3.05, 3.63) is 53.0 Å². The Morgan fingerprint density at radius 2 is 1.95 bits per heavy atom. The number of rotatable bonds is 3. The van der Waals surface area contributed by atoms with Gasteiger partial charge in [0.05, 0.1) is 17.1 Å². The highest BCUT2D eigenvalue weighted by Crippen LogP contribution is 2.29. The molecule has 0 aliphatic heterocycles. The van der Waals surface area contributed by atoms with E-state index in [1.54, 1.807) is 7.11 Å². The fraction of sp³-hybridized carbons (Fsp3) is 0.0625. The Morgan fingerprint density at radius 3 is 2.71 bits per heavy atom. The lowest BCUT2D eigenvalue weighted by molar-refractivity contribution is 0.412. The van der Waals surface area contributed by atoms with Crippen LogP contribution in [0.1, 0.15) is 0 Å². The van der Waals surface area contributed by atoms with E-state index in [0.29, 0.717) is 0 Å². The molecule has 5 heteroatoms. The van der Waals surface area contributed by atoms with Gasteiger partial charge in [0.25, 0.3) is 0 Å². The number of nitrogens with one attached hydrogen (secondary N) is 1. The highest BCUT2D eigenvalue weighted by Gasteiger charge is 2.03. The first-order chi connectivity index (χ1) is 10.2. The summed E-state index contributed by atoms with van der Waals surface area (Å²) in [5.74, 6) is 1.58. The number of aromatic nitrogens is 1. The Kier molecular flexibility index (Phi) is 3.66. The second-order valence-corrected chi connectivity index (χ2v) is 5.48.